The van der Waals surface area contributed by atoms with Crippen LogP contribution in [0.3, 0.4) is 0 Å². The first-order valence-corrected chi connectivity index (χ1v) is 8.45. The van der Waals surface area contributed by atoms with E-state index in [0.717, 1.165) is 22.9 Å². The van der Waals surface area contributed by atoms with E-state index in [1.807, 2.05) is 18.2 Å². The summed E-state index contributed by atoms with van der Waals surface area (Å²) in [5.74, 6) is 0. The molecule has 0 amide bonds. The van der Waals surface area contributed by atoms with Crippen LogP contribution in [-0.2, 0) is 0 Å². The van der Waals surface area contributed by atoms with Crippen LogP contribution in [0.4, 0.5) is 0 Å². The molecule has 0 aliphatic rings. The minimum absolute atomic E-state index is 0.388. The van der Waals surface area contributed by atoms with Crippen LogP contribution in [0.2, 0.25) is 5.02 Å². The fourth-order valence-electron chi connectivity index (χ4n) is 2.18. The minimum Gasteiger partial charge on any atom is -0.388 e. The van der Waals surface area contributed by atoms with E-state index in [1.165, 1.54) is 38.5 Å². The molecule has 0 aliphatic carbocycles. The first kappa shape index (κ1) is 17.0. The highest BCUT2D eigenvalue weighted by atomic mass is 79.9. The van der Waals surface area contributed by atoms with Gasteiger partial charge in [-0.1, -0.05) is 69.5 Å². The maximum Gasteiger partial charge on any atom is 0.0790 e. The zero-order chi connectivity index (χ0) is 14.1. The third-order valence-corrected chi connectivity index (χ3v) is 4.64. The first-order chi connectivity index (χ1) is 9.15. The summed E-state index contributed by atoms with van der Waals surface area (Å²) >= 11 is 9.39. The van der Waals surface area contributed by atoms with Crippen molar-refractivity contribution < 1.29 is 5.11 Å². The lowest BCUT2D eigenvalue weighted by molar-refractivity contribution is 0.163. The molecule has 0 heterocycles. The molecule has 0 fully saturated rings. The van der Waals surface area contributed by atoms with Crippen molar-refractivity contribution in [3.05, 3.63) is 33.3 Å². The highest BCUT2D eigenvalue weighted by Crippen LogP contribution is 2.28. The first-order valence-electron chi connectivity index (χ1n) is 7.28. The van der Waals surface area contributed by atoms with Crippen molar-refractivity contribution in [2.24, 2.45) is 0 Å². The molecule has 1 aromatic carbocycles. The van der Waals surface area contributed by atoms with Crippen LogP contribution in [0.5, 0.6) is 0 Å². The lowest BCUT2D eigenvalue weighted by Crippen LogP contribution is -1.97. The van der Waals surface area contributed by atoms with Crippen LogP contribution in [-0.4, -0.2) is 5.11 Å². The van der Waals surface area contributed by atoms with Gasteiger partial charge in [-0.2, -0.15) is 0 Å². The molecule has 0 aromatic heterocycles. The quantitative estimate of drug-likeness (QED) is 0.521. The molecule has 1 aromatic rings. The van der Waals surface area contributed by atoms with Crippen molar-refractivity contribution in [1.29, 1.82) is 0 Å². The lowest BCUT2D eigenvalue weighted by Gasteiger charge is -2.11. The van der Waals surface area contributed by atoms with Crippen LogP contribution >= 0.6 is 27.5 Å². The van der Waals surface area contributed by atoms with E-state index in [-0.39, 0.29) is 6.10 Å². The van der Waals surface area contributed by atoms with E-state index in [0.29, 0.717) is 5.02 Å². The van der Waals surface area contributed by atoms with Gasteiger partial charge in [0.1, 0.15) is 0 Å². The SMILES string of the molecule is CCCCCCCCCC(O)c1ccc(Br)c(Cl)c1. The molecule has 0 spiro atoms. The van der Waals surface area contributed by atoms with E-state index in [9.17, 15) is 5.11 Å². The zero-order valence-electron chi connectivity index (χ0n) is 11.7. The Kier molecular flexibility index (Phi) is 8.76. The molecule has 108 valence electrons. The Labute approximate surface area is 130 Å². The van der Waals surface area contributed by atoms with Gasteiger partial charge in [0, 0.05) is 4.47 Å². The van der Waals surface area contributed by atoms with E-state index in [2.05, 4.69) is 22.9 Å². The summed E-state index contributed by atoms with van der Waals surface area (Å²) < 4.78 is 0.876. The van der Waals surface area contributed by atoms with Crippen LogP contribution in [0.1, 0.15) is 70.0 Å². The number of aliphatic hydroxyl groups is 1. The van der Waals surface area contributed by atoms with Gasteiger partial charge in [0.2, 0.25) is 0 Å². The van der Waals surface area contributed by atoms with Crippen molar-refractivity contribution >= 4 is 27.5 Å². The number of rotatable bonds is 9. The Morgan fingerprint density at radius 3 is 2.37 bits per heavy atom. The summed E-state index contributed by atoms with van der Waals surface area (Å²) in [5.41, 5.74) is 0.916. The predicted molar refractivity (Wildman–Crippen MR) is 86.7 cm³/mol. The molecule has 3 heteroatoms. The van der Waals surface area contributed by atoms with Gasteiger partial charge in [-0.25, -0.2) is 0 Å². The van der Waals surface area contributed by atoms with Crippen molar-refractivity contribution in [2.45, 2.75) is 64.4 Å². The van der Waals surface area contributed by atoms with Gasteiger partial charge in [0.15, 0.2) is 0 Å². The fourth-order valence-corrected chi connectivity index (χ4v) is 2.62. The fraction of sp³-hybridized carbons (Fsp3) is 0.625. The highest BCUT2D eigenvalue weighted by Gasteiger charge is 2.08. The number of unbranched alkanes of at least 4 members (excludes halogenated alkanes) is 6. The van der Waals surface area contributed by atoms with Gasteiger partial charge >= 0.3 is 0 Å². The Bertz CT molecular complexity index is 368. The van der Waals surface area contributed by atoms with Gasteiger partial charge in [0.05, 0.1) is 11.1 Å². The number of benzene rings is 1. The topological polar surface area (TPSA) is 20.2 Å². The monoisotopic (exact) mass is 346 g/mol. The Balaban J connectivity index is 2.20. The van der Waals surface area contributed by atoms with Crippen molar-refractivity contribution in [3.8, 4) is 0 Å². The minimum atomic E-state index is -0.388. The number of halogens is 2. The third kappa shape index (κ3) is 6.78. The molecule has 0 bridgehead atoms. The van der Waals surface area contributed by atoms with E-state index >= 15 is 0 Å². The van der Waals surface area contributed by atoms with Crippen molar-refractivity contribution in [3.63, 3.8) is 0 Å². The summed E-state index contributed by atoms with van der Waals surface area (Å²) in [6.07, 6.45) is 9.34. The molecule has 1 nitrogen and oxygen atoms in total. The van der Waals surface area contributed by atoms with E-state index in [1.54, 1.807) is 0 Å². The van der Waals surface area contributed by atoms with Crippen LogP contribution in [0.25, 0.3) is 0 Å². The second-order valence-corrected chi connectivity index (χ2v) is 6.36. The molecule has 0 aliphatic heterocycles. The second kappa shape index (κ2) is 9.79. The Hall–Kier alpha value is -0.0500. The molecule has 1 rings (SSSR count). The Morgan fingerprint density at radius 2 is 1.74 bits per heavy atom. The third-order valence-electron chi connectivity index (χ3n) is 3.41. The standard InChI is InChI=1S/C16H24BrClO/c1-2-3-4-5-6-7-8-9-16(19)13-10-11-14(17)15(18)12-13/h10-12,16,19H,2-9H2,1H3. The second-order valence-electron chi connectivity index (χ2n) is 5.10. The number of hydrogen-bond donors (Lipinski definition) is 1. The summed E-state index contributed by atoms with van der Waals surface area (Å²) in [4.78, 5) is 0. The summed E-state index contributed by atoms with van der Waals surface area (Å²) in [7, 11) is 0. The highest BCUT2D eigenvalue weighted by molar-refractivity contribution is 9.10. The number of hydrogen-bond acceptors (Lipinski definition) is 1. The molecule has 1 unspecified atom stereocenters. The van der Waals surface area contributed by atoms with Crippen LogP contribution < -0.4 is 0 Å². The molecule has 0 radical (unpaired) electrons. The van der Waals surface area contributed by atoms with Gasteiger partial charge in [-0.15, -0.1) is 0 Å². The van der Waals surface area contributed by atoms with Crippen molar-refractivity contribution in [1.82, 2.24) is 0 Å². The Morgan fingerprint density at radius 1 is 1.11 bits per heavy atom. The largest absolute Gasteiger partial charge is 0.388 e. The predicted octanol–water partition coefficient (Wildman–Crippen LogP) is 6.28. The zero-order valence-corrected chi connectivity index (χ0v) is 14.0. The average Bonchev–Trinajstić information content (AvgIpc) is 2.40. The number of aliphatic hydroxyl groups excluding tert-OH is 1. The molecule has 0 saturated heterocycles. The maximum absolute atomic E-state index is 10.1. The normalized spacial score (nSPS) is 12.6. The van der Waals surface area contributed by atoms with Crippen LogP contribution in [0, 0.1) is 0 Å². The molecule has 19 heavy (non-hydrogen) atoms. The van der Waals surface area contributed by atoms with Gasteiger partial charge in [-0.3, -0.25) is 0 Å². The van der Waals surface area contributed by atoms with Crippen molar-refractivity contribution in [2.75, 3.05) is 0 Å². The summed E-state index contributed by atoms with van der Waals surface area (Å²) in [6, 6.07) is 5.67. The maximum atomic E-state index is 10.1. The van der Waals surface area contributed by atoms with E-state index in [4.69, 9.17) is 11.6 Å². The van der Waals surface area contributed by atoms with Gasteiger partial charge < -0.3 is 5.11 Å². The summed E-state index contributed by atoms with van der Waals surface area (Å²) in [5, 5.41) is 10.8. The average molecular weight is 348 g/mol. The molecular formula is C16H24BrClO. The van der Waals surface area contributed by atoms with Gasteiger partial charge in [0.25, 0.3) is 0 Å². The van der Waals surface area contributed by atoms with E-state index < -0.39 is 0 Å². The smallest absolute Gasteiger partial charge is 0.0790 e. The molecule has 1 atom stereocenters. The summed E-state index contributed by atoms with van der Waals surface area (Å²) in [6.45, 7) is 2.24. The van der Waals surface area contributed by atoms with Crippen LogP contribution in [0.15, 0.2) is 22.7 Å². The van der Waals surface area contributed by atoms with Gasteiger partial charge in [-0.05, 0) is 40.0 Å². The molecule has 1 N–H and O–H groups in total. The molecule has 0 saturated carbocycles. The lowest BCUT2D eigenvalue weighted by atomic mass is 10.0. The molecular weight excluding hydrogens is 324 g/mol.